The van der Waals surface area contributed by atoms with Crippen molar-refractivity contribution in [1.82, 2.24) is 47.4 Å². The number of rotatable bonds is 33. The average molecular weight is 634 g/mol. The lowest BCUT2D eigenvalue weighted by Crippen LogP contribution is -2.38. The van der Waals surface area contributed by atoms with E-state index in [9.17, 15) is 0 Å². The quantitative estimate of drug-likeness (QED) is 0.0410. The van der Waals surface area contributed by atoms with Gasteiger partial charge >= 0.3 is 0 Å². The Labute approximate surface area is 279 Å². The van der Waals surface area contributed by atoms with Gasteiger partial charge in [-0.1, -0.05) is 64.2 Å². The molecule has 1 fully saturated rings. The number of hydrogen-bond acceptors (Lipinski definition) is 9. The van der Waals surface area contributed by atoms with Crippen LogP contribution in [0.4, 0.5) is 0 Å². The van der Waals surface area contributed by atoms with Crippen molar-refractivity contribution < 1.29 is 0 Å². The smallest absolute Gasteiger partial charge is 0.0166 e. The van der Waals surface area contributed by atoms with Crippen LogP contribution in [0.2, 0.25) is 0 Å². The molecule has 0 heterocycles. The van der Waals surface area contributed by atoms with Crippen LogP contribution >= 0.6 is 0 Å². The van der Waals surface area contributed by atoms with Crippen LogP contribution in [-0.4, -0.2) is 128 Å². The Bertz CT molecular complexity index is 700. The molecule has 0 bridgehead atoms. The Morgan fingerprint density at radius 3 is 1.60 bits per heavy atom. The van der Waals surface area contributed by atoms with Gasteiger partial charge in [-0.05, 0) is 116 Å². The van der Waals surface area contributed by atoms with Gasteiger partial charge < -0.3 is 42.5 Å². The van der Waals surface area contributed by atoms with E-state index in [0.717, 1.165) is 111 Å². The highest BCUT2D eigenvalue weighted by Gasteiger charge is 2.35. The van der Waals surface area contributed by atoms with Crippen molar-refractivity contribution in [3.63, 3.8) is 0 Å². The maximum atomic E-state index is 3.79. The van der Waals surface area contributed by atoms with Crippen LogP contribution in [-0.2, 0) is 0 Å². The third-order valence-electron chi connectivity index (χ3n) is 8.49. The number of nitrogens with one attached hydrogen (secondary N) is 8. The van der Waals surface area contributed by atoms with E-state index in [1.54, 1.807) is 0 Å². The fraction of sp³-hybridized carbons (Fsp3) is 0.833. The SMILES string of the molecule is CCNCCCCNC/C=C\CNC/C=C\CNC/C=C\CN(CC)C1CC(CNCCCNCCCNCC)C(NCC)C1. The lowest BCUT2D eigenvalue weighted by Gasteiger charge is -2.26. The van der Waals surface area contributed by atoms with Crippen molar-refractivity contribution in [2.45, 2.75) is 78.3 Å². The van der Waals surface area contributed by atoms with Crippen LogP contribution in [0.3, 0.4) is 0 Å². The van der Waals surface area contributed by atoms with Gasteiger partial charge in [-0.2, -0.15) is 0 Å². The van der Waals surface area contributed by atoms with Gasteiger partial charge in [0.25, 0.3) is 0 Å². The van der Waals surface area contributed by atoms with Gasteiger partial charge in [0.15, 0.2) is 0 Å². The summed E-state index contributed by atoms with van der Waals surface area (Å²) in [5.41, 5.74) is 0. The van der Waals surface area contributed by atoms with Gasteiger partial charge in [-0.3, -0.25) is 4.90 Å². The minimum Gasteiger partial charge on any atom is -0.317 e. The molecule has 3 unspecified atom stereocenters. The Morgan fingerprint density at radius 1 is 0.511 bits per heavy atom. The molecule has 0 radical (unpaired) electrons. The molecular formula is C36H75N9. The minimum absolute atomic E-state index is 0.624. The molecule has 0 spiro atoms. The zero-order valence-corrected chi connectivity index (χ0v) is 29.9. The van der Waals surface area contributed by atoms with Gasteiger partial charge in [0.05, 0.1) is 0 Å². The molecule has 0 aromatic heterocycles. The monoisotopic (exact) mass is 634 g/mol. The molecule has 9 heteroatoms. The highest BCUT2D eigenvalue weighted by molar-refractivity contribution is 4.97. The zero-order chi connectivity index (χ0) is 32.5. The number of nitrogens with zero attached hydrogens (tertiary/aromatic N) is 1. The van der Waals surface area contributed by atoms with Gasteiger partial charge in [-0.15, -0.1) is 0 Å². The third kappa shape index (κ3) is 24.7. The summed E-state index contributed by atoms with van der Waals surface area (Å²) in [4.78, 5) is 2.67. The highest BCUT2D eigenvalue weighted by atomic mass is 15.2. The Balaban J connectivity index is 2.10. The molecular weight excluding hydrogens is 558 g/mol. The first kappa shape index (κ1) is 41.9. The van der Waals surface area contributed by atoms with E-state index < -0.39 is 0 Å². The Hall–Kier alpha value is -1.14. The van der Waals surface area contributed by atoms with Gasteiger partial charge in [0.2, 0.25) is 0 Å². The van der Waals surface area contributed by atoms with E-state index in [1.807, 2.05) is 0 Å². The third-order valence-corrected chi connectivity index (χ3v) is 8.49. The molecule has 3 atom stereocenters. The molecule has 0 aromatic rings. The molecule has 1 aliphatic rings. The maximum Gasteiger partial charge on any atom is 0.0166 e. The van der Waals surface area contributed by atoms with Gasteiger partial charge in [-0.25, -0.2) is 0 Å². The van der Waals surface area contributed by atoms with Crippen molar-refractivity contribution in [2.24, 2.45) is 5.92 Å². The first-order valence-corrected chi connectivity index (χ1v) is 18.6. The largest absolute Gasteiger partial charge is 0.317 e. The van der Waals surface area contributed by atoms with Crippen molar-refractivity contribution in [3.05, 3.63) is 36.5 Å². The second-order valence-corrected chi connectivity index (χ2v) is 12.1. The van der Waals surface area contributed by atoms with Crippen molar-refractivity contribution in [1.29, 1.82) is 0 Å². The second-order valence-electron chi connectivity index (χ2n) is 12.1. The molecule has 45 heavy (non-hydrogen) atoms. The summed E-state index contributed by atoms with van der Waals surface area (Å²) in [6, 6.07) is 1.29. The fourth-order valence-corrected chi connectivity index (χ4v) is 5.92. The number of unbranched alkanes of at least 4 members (excludes halogenated alkanes) is 1. The van der Waals surface area contributed by atoms with Crippen molar-refractivity contribution >= 4 is 0 Å². The molecule has 8 N–H and O–H groups in total. The van der Waals surface area contributed by atoms with Crippen LogP contribution in [0.1, 0.15) is 66.2 Å². The van der Waals surface area contributed by atoms with Crippen LogP contribution < -0.4 is 42.5 Å². The standard InChI is InChI=1S/C36H75N9/c1-5-37-19-9-10-20-39-21-11-12-22-40-23-13-14-24-41-25-15-16-30-45(8-4)35-31-34(36(32-35)44-7-3)33-43-29-18-28-42-27-17-26-38-6-2/h11-16,34-44H,5-10,17-33H2,1-4H3/b12-11-,14-13-,16-15-. The maximum absolute atomic E-state index is 3.79. The van der Waals surface area contributed by atoms with E-state index in [1.165, 1.54) is 38.5 Å². The van der Waals surface area contributed by atoms with Gasteiger partial charge in [0, 0.05) is 51.4 Å². The zero-order valence-electron chi connectivity index (χ0n) is 29.9. The fourth-order valence-electron chi connectivity index (χ4n) is 5.92. The topological polar surface area (TPSA) is 99.5 Å². The summed E-state index contributed by atoms with van der Waals surface area (Å²) in [6.45, 7) is 26.6. The van der Waals surface area contributed by atoms with E-state index in [2.05, 4.69) is 112 Å². The lowest BCUT2D eigenvalue weighted by molar-refractivity contribution is 0.225. The first-order valence-electron chi connectivity index (χ1n) is 18.6. The molecule has 0 aliphatic heterocycles. The van der Waals surface area contributed by atoms with Crippen LogP contribution in [0.5, 0.6) is 0 Å². The summed E-state index contributed by atoms with van der Waals surface area (Å²) >= 11 is 0. The predicted octanol–water partition coefficient (Wildman–Crippen LogP) is 2.46. The summed E-state index contributed by atoms with van der Waals surface area (Å²) in [7, 11) is 0. The number of hydrogen-bond donors (Lipinski definition) is 8. The van der Waals surface area contributed by atoms with Crippen LogP contribution in [0.15, 0.2) is 36.5 Å². The molecule has 1 rings (SSSR count). The Kier molecular flexibility index (Phi) is 30.5. The van der Waals surface area contributed by atoms with E-state index in [-0.39, 0.29) is 0 Å². The highest BCUT2D eigenvalue weighted by Crippen LogP contribution is 2.29. The molecule has 1 aliphatic carbocycles. The average Bonchev–Trinajstić information content (AvgIpc) is 3.45. The molecule has 0 saturated heterocycles. The molecule has 9 nitrogen and oxygen atoms in total. The first-order chi connectivity index (χ1) is 22.3. The van der Waals surface area contributed by atoms with E-state index in [0.29, 0.717) is 18.0 Å². The lowest BCUT2D eigenvalue weighted by atomic mass is 10.0. The summed E-state index contributed by atoms with van der Waals surface area (Å²) in [5.74, 6) is 0.713. The minimum atomic E-state index is 0.624. The normalized spacial score (nSPS) is 19.0. The molecule has 264 valence electrons. The van der Waals surface area contributed by atoms with Crippen LogP contribution in [0.25, 0.3) is 0 Å². The van der Waals surface area contributed by atoms with Gasteiger partial charge in [0.1, 0.15) is 0 Å². The molecule has 0 aromatic carbocycles. The van der Waals surface area contributed by atoms with E-state index >= 15 is 0 Å². The van der Waals surface area contributed by atoms with E-state index in [4.69, 9.17) is 0 Å². The number of likely N-dealkylation sites (N-methyl/N-ethyl adjacent to an activating group) is 1. The molecule has 1 saturated carbocycles. The Morgan fingerprint density at radius 2 is 1.02 bits per heavy atom. The predicted molar refractivity (Wildman–Crippen MR) is 199 cm³/mol. The van der Waals surface area contributed by atoms with Crippen LogP contribution in [0, 0.1) is 5.92 Å². The summed E-state index contributed by atoms with van der Waals surface area (Å²) < 4.78 is 0. The van der Waals surface area contributed by atoms with Crippen molar-refractivity contribution in [2.75, 3.05) is 111 Å². The summed E-state index contributed by atoms with van der Waals surface area (Å²) in [6.07, 6.45) is 20.9. The second kappa shape index (κ2) is 32.8. The van der Waals surface area contributed by atoms with Crippen molar-refractivity contribution in [3.8, 4) is 0 Å². The summed E-state index contributed by atoms with van der Waals surface area (Å²) in [5, 5.41) is 28.3. The molecule has 0 amide bonds.